The third-order valence-electron chi connectivity index (χ3n) is 2.92. The van der Waals surface area contributed by atoms with Crippen LogP contribution in [0.2, 0.25) is 0 Å². The predicted molar refractivity (Wildman–Crippen MR) is 80.9 cm³/mol. The van der Waals surface area contributed by atoms with Gasteiger partial charge in [-0.2, -0.15) is 0 Å². The zero-order chi connectivity index (χ0) is 14.5. The van der Waals surface area contributed by atoms with Crippen molar-refractivity contribution in [2.75, 3.05) is 6.54 Å². The monoisotopic (exact) mass is 335 g/mol. The van der Waals surface area contributed by atoms with Crippen LogP contribution in [0.1, 0.15) is 23.2 Å². The van der Waals surface area contributed by atoms with E-state index in [1.54, 1.807) is 6.07 Å². The summed E-state index contributed by atoms with van der Waals surface area (Å²) in [6, 6.07) is 11.4. The minimum Gasteiger partial charge on any atom is -0.481 e. The van der Waals surface area contributed by atoms with Crippen molar-refractivity contribution in [1.29, 1.82) is 0 Å². The van der Waals surface area contributed by atoms with Gasteiger partial charge in [0.2, 0.25) is 0 Å². The number of carboxylic acids is 1. The SMILES string of the molecule is O=C(O)CCCNC(=O)c1ccc2cc(Br)ccc2c1. The van der Waals surface area contributed by atoms with Crippen molar-refractivity contribution in [1.82, 2.24) is 5.32 Å². The van der Waals surface area contributed by atoms with Crippen LogP contribution in [0.25, 0.3) is 10.8 Å². The van der Waals surface area contributed by atoms with Gasteiger partial charge >= 0.3 is 5.97 Å². The first-order valence-corrected chi connectivity index (χ1v) is 7.05. The summed E-state index contributed by atoms with van der Waals surface area (Å²) in [5.74, 6) is -1.03. The standard InChI is InChI=1S/C15H14BrNO3/c16-13-6-5-10-8-12(4-3-11(10)9-13)15(20)17-7-1-2-14(18)19/h3-6,8-9H,1-2,7H2,(H,17,20)(H,18,19). The molecule has 0 radical (unpaired) electrons. The van der Waals surface area contributed by atoms with Crippen molar-refractivity contribution >= 4 is 38.6 Å². The number of nitrogens with one attached hydrogen (secondary N) is 1. The summed E-state index contributed by atoms with van der Waals surface area (Å²) in [6.45, 7) is 0.365. The van der Waals surface area contributed by atoms with Gasteiger partial charge < -0.3 is 10.4 Å². The number of carbonyl (C=O) groups excluding carboxylic acids is 1. The Labute approximate surface area is 124 Å². The maximum absolute atomic E-state index is 11.9. The lowest BCUT2D eigenvalue weighted by Gasteiger charge is -2.06. The molecule has 0 saturated heterocycles. The summed E-state index contributed by atoms with van der Waals surface area (Å²) < 4.78 is 0.996. The normalized spacial score (nSPS) is 10.4. The van der Waals surface area contributed by atoms with Gasteiger partial charge in [-0.25, -0.2) is 0 Å². The van der Waals surface area contributed by atoms with Gasteiger partial charge in [-0.15, -0.1) is 0 Å². The lowest BCUT2D eigenvalue weighted by molar-refractivity contribution is -0.137. The average molecular weight is 336 g/mol. The van der Waals surface area contributed by atoms with Crippen LogP contribution >= 0.6 is 15.9 Å². The summed E-state index contributed by atoms with van der Waals surface area (Å²) in [7, 11) is 0. The van der Waals surface area contributed by atoms with Crippen LogP contribution in [0.4, 0.5) is 0 Å². The second-order valence-corrected chi connectivity index (χ2v) is 5.38. The van der Waals surface area contributed by atoms with Gasteiger partial charge in [0.15, 0.2) is 0 Å². The Balaban J connectivity index is 2.03. The molecule has 2 rings (SSSR count). The molecule has 0 heterocycles. The van der Waals surface area contributed by atoms with Crippen LogP contribution in [0, 0.1) is 0 Å². The molecule has 4 nitrogen and oxygen atoms in total. The number of carbonyl (C=O) groups is 2. The Hall–Kier alpha value is -1.88. The van der Waals surface area contributed by atoms with E-state index in [-0.39, 0.29) is 12.3 Å². The number of amides is 1. The van der Waals surface area contributed by atoms with E-state index in [4.69, 9.17) is 5.11 Å². The molecule has 2 N–H and O–H groups in total. The third-order valence-corrected chi connectivity index (χ3v) is 3.41. The van der Waals surface area contributed by atoms with Crippen molar-refractivity contribution in [3.05, 3.63) is 46.4 Å². The largest absolute Gasteiger partial charge is 0.481 e. The molecule has 0 spiro atoms. The van der Waals surface area contributed by atoms with Crippen molar-refractivity contribution in [3.63, 3.8) is 0 Å². The van der Waals surface area contributed by atoms with Gasteiger partial charge in [-0.1, -0.05) is 28.1 Å². The molecule has 0 atom stereocenters. The molecule has 5 heteroatoms. The third kappa shape index (κ3) is 3.81. The Morgan fingerprint density at radius 2 is 1.80 bits per heavy atom. The van der Waals surface area contributed by atoms with Crippen LogP contribution in [0.15, 0.2) is 40.9 Å². The fourth-order valence-corrected chi connectivity index (χ4v) is 2.28. The smallest absolute Gasteiger partial charge is 0.303 e. The van der Waals surface area contributed by atoms with Crippen LogP contribution in [0.5, 0.6) is 0 Å². The minimum absolute atomic E-state index is 0.0615. The van der Waals surface area contributed by atoms with E-state index < -0.39 is 5.97 Å². The average Bonchev–Trinajstić information content (AvgIpc) is 2.42. The van der Waals surface area contributed by atoms with Crippen LogP contribution in [-0.4, -0.2) is 23.5 Å². The van der Waals surface area contributed by atoms with Gasteiger partial charge in [0, 0.05) is 23.0 Å². The van der Waals surface area contributed by atoms with Gasteiger partial charge in [-0.3, -0.25) is 9.59 Å². The zero-order valence-electron chi connectivity index (χ0n) is 10.7. The number of hydrogen-bond donors (Lipinski definition) is 2. The second kappa shape index (κ2) is 6.52. The minimum atomic E-state index is -0.851. The van der Waals surface area contributed by atoms with E-state index >= 15 is 0 Å². The van der Waals surface area contributed by atoms with Crippen LogP contribution in [0.3, 0.4) is 0 Å². The molecule has 2 aromatic rings. The molecule has 0 aromatic heterocycles. The summed E-state index contributed by atoms with van der Waals surface area (Å²) >= 11 is 3.41. The Bertz CT molecular complexity index is 655. The molecule has 0 aliphatic rings. The second-order valence-electron chi connectivity index (χ2n) is 4.46. The first-order chi connectivity index (χ1) is 9.56. The number of benzene rings is 2. The van der Waals surface area contributed by atoms with E-state index in [1.165, 1.54) is 0 Å². The topological polar surface area (TPSA) is 66.4 Å². The maximum Gasteiger partial charge on any atom is 0.303 e. The van der Waals surface area contributed by atoms with Gasteiger partial charge in [0.05, 0.1) is 0 Å². The molecular formula is C15H14BrNO3. The van der Waals surface area contributed by atoms with Crippen molar-refractivity contribution in [3.8, 4) is 0 Å². The van der Waals surface area contributed by atoms with Crippen LogP contribution < -0.4 is 5.32 Å². The first kappa shape index (κ1) is 14.5. The number of fused-ring (bicyclic) bond motifs is 1. The number of rotatable bonds is 5. The Kier molecular flexibility index (Phi) is 4.74. The first-order valence-electron chi connectivity index (χ1n) is 6.25. The predicted octanol–water partition coefficient (Wildman–Crippen LogP) is 3.20. The van der Waals surface area contributed by atoms with E-state index in [1.807, 2.05) is 30.3 Å². The van der Waals surface area contributed by atoms with Crippen molar-refractivity contribution in [2.24, 2.45) is 0 Å². The Morgan fingerprint density at radius 3 is 2.55 bits per heavy atom. The highest BCUT2D eigenvalue weighted by Crippen LogP contribution is 2.20. The van der Waals surface area contributed by atoms with E-state index in [2.05, 4.69) is 21.2 Å². The molecular weight excluding hydrogens is 322 g/mol. The van der Waals surface area contributed by atoms with Crippen LogP contribution in [-0.2, 0) is 4.79 Å². The van der Waals surface area contributed by atoms with E-state index in [0.717, 1.165) is 15.2 Å². The molecule has 0 unspecified atom stereocenters. The molecule has 0 bridgehead atoms. The highest BCUT2D eigenvalue weighted by atomic mass is 79.9. The van der Waals surface area contributed by atoms with Gasteiger partial charge in [0.25, 0.3) is 5.91 Å². The van der Waals surface area contributed by atoms with Gasteiger partial charge in [-0.05, 0) is 41.5 Å². The summed E-state index contributed by atoms with van der Waals surface area (Å²) in [5, 5.41) is 13.3. The maximum atomic E-state index is 11.9. The number of aliphatic carboxylic acids is 1. The van der Waals surface area contributed by atoms with Crippen molar-refractivity contribution < 1.29 is 14.7 Å². The number of halogens is 1. The van der Waals surface area contributed by atoms with Gasteiger partial charge in [0.1, 0.15) is 0 Å². The highest BCUT2D eigenvalue weighted by Gasteiger charge is 2.06. The lowest BCUT2D eigenvalue weighted by Crippen LogP contribution is -2.24. The molecule has 1 amide bonds. The molecule has 0 aliphatic carbocycles. The van der Waals surface area contributed by atoms with E-state index in [9.17, 15) is 9.59 Å². The number of hydrogen-bond acceptors (Lipinski definition) is 2. The summed E-state index contributed by atoms with van der Waals surface area (Å²) in [5.41, 5.74) is 0.579. The van der Waals surface area contributed by atoms with E-state index in [0.29, 0.717) is 18.5 Å². The molecule has 2 aromatic carbocycles. The molecule has 0 fully saturated rings. The molecule has 0 aliphatic heterocycles. The Morgan fingerprint density at radius 1 is 1.10 bits per heavy atom. The van der Waals surface area contributed by atoms with Crippen molar-refractivity contribution in [2.45, 2.75) is 12.8 Å². The zero-order valence-corrected chi connectivity index (χ0v) is 12.3. The fraction of sp³-hybridized carbons (Fsp3) is 0.200. The molecule has 104 valence electrons. The molecule has 0 saturated carbocycles. The lowest BCUT2D eigenvalue weighted by atomic mass is 10.1. The summed E-state index contributed by atoms with van der Waals surface area (Å²) in [6.07, 6.45) is 0.494. The fourth-order valence-electron chi connectivity index (χ4n) is 1.90. The summed E-state index contributed by atoms with van der Waals surface area (Å²) in [4.78, 5) is 22.3. The molecule has 20 heavy (non-hydrogen) atoms. The highest BCUT2D eigenvalue weighted by molar-refractivity contribution is 9.10. The quantitative estimate of drug-likeness (QED) is 0.824. The number of carboxylic acid groups (broad SMARTS) is 1.